The molecule has 0 spiro atoms. The first-order chi connectivity index (χ1) is 13.2. The molecule has 1 unspecified atom stereocenters. The molecule has 1 atom stereocenters. The Morgan fingerprint density at radius 2 is 1.41 bits per heavy atom. The Kier molecular flexibility index (Phi) is 4.32. The van der Waals surface area contributed by atoms with E-state index < -0.39 is 5.54 Å². The minimum Gasteiger partial charge on any atom is -0.361 e. The maximum absolute atomic E-state index is 10.1. The van der Waals surface area contributed by atoms with Gasteiger partial charge in [-0.3, -0.25) is 4.99 Å². The SMILES string of the molecule is CC(C#N)(N=C(c1ccccc1)c1ccccc1)c1c[nH]c2ccccc12. The van der Waals surface area contributed by atoms with E-state index in [1.807, 2.05) is 98.0 Å². The summed E-state index contributed by atoms with van der Waals surface area (Å²) in [7, 11) is 0. The first kappa shape index (κ1) is 16.8. The van der Waals surface area contributed by atoms with Crippen LogP contribution in [0.15, 0.2) is 96.1 Å². The molecule has 0 radical (unpaired) electrons. The lowest BCUT2D eigenvalue weighted by Gasteiger charge is -2.19. The summed E-state index contributed by atoms with van der Waals surface area (Å²) in [5.74, 6) is 0. The number of aliphatic imine (C=N–C) groups is 1. The van der Waals surface area contributed by atoms with Crippen LogP contribution in [0.3, 0.4) is 0 Å². The van der Waals surface area contributed by atoms with Crippen LogP contribution in [0.1, 0.15) is 23.6 Å². The van der Waals surface area contributed by atoms with Crippen LogP contribution in [-0.4, -0.2) is 10.7 Å². The van der Waals surface area contributed by atoms with Gasteiger partial charge in [-0.05, 0) is 13.0 Å². The van der Waals surface area contributed by atoms with E-state index >= 15 is 0 Å². The van der Waals surface area contributed by atoms with E-state index in [0.29, 0.717) is 0 Å². The van der Waals surface area contributed by atoms with Gasteiger partial charge in [0, 0.05) is 33.8 Å². The minimum atomic E-state index is -1.01. The van der Waals surface area contributed by atoms with Crippen LogP contribution in [0.4, 0.5) is 0 Å². The molecule has 0 aliphatic rings. The number of nitrogens with zero attached hydrogens (tertiary/aromatic N) is 2. The Labute approximate surface area is 158 Å². The number of nitrogens with one attached hydrogen (secondary N) is 1. The van der Waals surface area contributed by atoms with Crippen molar-refractivity contribution in [3.8, 4) is 6.07 Å². The van der Waals surface area contributed by atoms with Gasteiger partial charge in [0.05, 0.1) is 11.8 Å². The fourth-order valence-corrected chi connectivity index (χ4v) is 3.33. The third-order valence-electron chi connectivity index (χ3n) is 4.76. The lowest BCUT2D eigenvalue weighted by molar-refractivity contribution is 0.657. The van der Waals surface area contributed by atoms with Crippen LogP contribution in [0.25, 0.3) is 10.9 Å². The summed E-state index contributed by atoms with van der Waals surface area (Å²) in [6, 6.07) is 30.5. The molecule has 0 saturated heterocycles. The smallest absolute Gasteiger partial charge is 0.171 e. The average molecular weight is 349 g/mol. The van der Waals surface area contributed by atoms with Gasteiger partial charge in [0.25, 0.3) is 0 Å². The second kappa shape index (κ2) is 6.93. The quantitative estimate of drug-likeness (QED) is 0.490. The van der Waals surface area contributed by atoms with Crippen molar-refractivity contribution in [3.05, 3.63) is 108 Å². The first-order valence-electron chi connectivity index (χ1n) is 8.90. The molecule has 1 aromatic heterocycles. The normalized spacial score (nSPS) is 12.9. The molecule has 27 heavy (non-hydrogen) atoms. The van der Waals surface area contributed by atoms with Crippen LogP contribution in [-0.2, 0) is 5.54 Å². The minimum absolute atomic E-state index is 0.811. The van der Waals surface area contributed by atoms with Crippen LogP contribution < -0.4 is 0 Å². The van der Waals surface area contributed by atoms with E-state index in [0.717, 1.165) is 33.3 Å². The fourth-order valence-electron chi connectivity index (χ4n) is 3.33. The predicted octanol–water partition coefficient (Wildman–Crippen LogP) is 5.44. The highest BCUT2D eigenvalue weighted by Crippen LogP contribution is 2.32. The summed E-state index contributed by atoms with van der Waals surface area (Å²) < 4.78 is 0. The van der Waals surface area contributed by atoms with Crippen molar-refractivity contribution in [2.24, 2.45) is 4.99 Å². The zero-order chi connectivity index (χ0) is 18.7. The summed E-state index contributed by atoms with van der Waals surface area (Å²) in [4.78, 5) is 8.26. The largest absolute Gasteiger partial charge is 0.361 e. The molecule has 3 nitrogen and oxygen atoms in total. The van der Waals surface area contributed by atoms with Gasteiger partial charge in [-0.1, -0.05) is 78.9 Å². The molecule has 0 aliphatic carbocycles. The number of fused-ring (bicyclic) bond motifs is 1. The Morgan fingerprint density at radius 1 is 0.852 bits per heavy atom. The topological polar surface area (TPSA) is 51.9 Å². The highest BCUT2D eigenvalue weighted by molar-refractivity contribution is 6.13. The Bertz CT molecular complexity index is 1090. The maximum Gasteiger partial charge on any atom is 0.171 e. The molecule has 4 rings (SSSR count). The van der Waals surface area contributed by atoms with Crippen molar-refractivity contribution < 1.29 is 0 Å². The number of aromatic nitrogens is 1. The lowest BCUT2D eigenvalue weighted by atomic mass is 9.92. The Balaban J connectivity index is 1.94. The van der Waals surface area contributed by atoms with Gasteiger partial charge in [0.1, 0.15) is 0 Å². The van der Waals surface area contributed by atoms with E-state index in [-0.39, 0.29) is 0 Å². The molecule has 0 saturated carbocycles. The Morgan fingerprint density at radius 3 is 2.00 bits per heavy atom. The van der Waals surface area contributed by atoms with Crippen molar-refractivity contribution in [1.82, 2.24) is 4.98 Å². The molecule has 1 N–H and O–H groups in total. The maximum atomic E-state index is 10.1. The molecular formula is C24H19N3. The van der Waals surface area contributed by atoms with Gasteiger partial charge in [-0.2, -0.15) is 5.26 Å². The van der Waals surface area contributed by atoms with Crippen molar-refractivity contribution >= 4 is 16.6 Å². The zero-order valence-electron chi connectivity index (χ0n) is 15.1. The second-order valence-corrected chi connectivity index (χ2v) is 6.62. The number of aromatic amines is 1. The van der Waals surface area contributed by atoms with E-state index in [1.165, 1.54) is 0 Å². The second-order valence-electron chi connectivity index (χ2n) is 6.62. The van der Waals surface area contributed by atoms with E-state index in [2.05, 4.69) is 11.1 Å². The van der Waals surface area contributed by atoms with E-state index in [4.69, 9.17) is 4.99 Å². The molecule has 0 aliphatic heterocycles. The molecular weight excluding hydrogens is 330 g/mol. The molecule has 3 aromatic carbocycles. The number of hydrogen-bond donors (Lipinski definition) is 1. The van der Waals surface area contributed by atoms with Gasteiger partial charge in [0.15, 0.2) is 5.54 Å². The summed E-state index contributed by atoms with van der Waals surface area (Å²) in [6.07, 6.45) is 1.89. The van der Waals surface area contributed by atoms with Crippen LogP contribution in [0.5, 0.6) is 0 Å². The number of nitriles is 1. The molecule has 0 fully saturated rings. The van der Waals surface area contributed by atoms with Crippen LogP contribution in [0, 0.1) is 11.3 Å². The fraction of sp³-hybridized carbons (Fsp3) is 0.0833. The molecule has 4 aromatic rings. The van der Waals surface area contributed by atoms with E-state index in [9.17, 15) is 5.26 Å². The van der Waals surface area contributed by atoms with Crippen molar-refractivity contribution in [2.75, 3.05) is 0 Å². The molecule has 0 amide bonds. The van der Waals surface area contributed by atoms with Gasteiger partial charge in [-0.15, -0.1) is 0 Å². The third-order valence-corrected chi connectivity index (χ3v) is 4.76. The zero-order valence-corrected chi connectivity index (χ0v) is 15.1. The third kappa shape index (κ3) is 3.14. The van der Waals surface area contributed by atoms with Crippen LogP contribution >= 0.6 is 0 Å². The highest BCUT2D eigenvalue weighted by Gasteiger charge is 2.29. The highest BCUT2D eigenvalue weighted by atomic mass is 14.9. The number of rotatable bonds is 4. The van der Waals surface area contributed by atoms with Gasteiger partial charge < -0.3 is 4.98 Å². The van der Waals surface area contributed by atoms with Gasteiger partial charge >= 0.3 is 0 Å². The molecule has 3 heteroatoms. The molecule has 130 valence electrons. The summed E-state index contributed by atoms with van der Waals surface area (Å²) in [5, 5.41) is 11.1. The summed E-state index contributed by atoms with van der Waals surface area (Å²) >= 11 is 0. The summed E-state index contributed by atoms with van der Waals surface area (Å²) in [5.41, 5.74) is 3.66. The molecule has 0 bridgehead atoms. The van der Waals surface area contributed by atoms with Gasteiger partial charge in [0.2, 0.25) is 0 Å². The predicted molar refractivity (Wildman–Crippen MR) is 110 cm³/mol. The standard InChI is InChI=1S/C24H19N3/c1-24(17-25,21-16-26-22-15-9-8-14-20(21)22)27-23(18-10-4-2-5-11-18)19-12-6-3-7-13-19/h2-16,26H,1H3. The summed E-state index contributed by atoms with van der Waals surface area (Å²) in [6.45, 7) is 1.87. The molecule has 1 heterocycles. The van der Waals surface area contributed by atoms with Gasteiger partial charge in [-0.25, -0.2) is 0 Å². The first-order valence-corrected chi connectivity index (χ1v) is 8.90. The number of H-pyrrole nitrogens is 1. The van der Waals surface area contributed by atoms with Crippen molar-refractivity contribution in [3.63, 3.8) is 0 Å². The number of para-hydroxylation sites is 1. The Hall–Kier alpha value is -3.64. The number of benzene rings is 3. The van der Waals surface area contributed by atoms with Crippen molar-refractivity contribution in [2.45, 2.75) is 12.5 Å². The van der Waals surface area contributed by atoms with Crippen molar-refractivity contribution in [1.29, 1.82) is 5.26 Å². The van der Waals surface area contributed by atoms with Crippen LogP contribution in [0.2, 0.25) is 0 Å². The average Bonchev–Trinajstić information content (AvgIpc) is 3.18. The number of hydrogen-bond acceptors (Lipinski definition) is 2. The van der Waals surface area contributed by atoms with E-state index in [1.54, 1.807) is 0 Å². The lowest BCUT2D eigenvalue weighted by Crippen LogP contribution is -2.20. The monoisotopic (exact) mass is 349 g/mol.